The summed E-state index contributed by atoms with van der Waals surface area (Å²) in [7, 11) is 1.90. The Morgan fingerprint density at radius 2 is 1.47 bits per heavy atom. The molecule has 0 saturated heterocycles. The van der Waals surface area contributed by atoms with Gasteiger partial charge in [0.15, 0.2) is 0 Å². The number of likely N-dealkylation sites (N-methyl/N-ethyl adjacent to an activating group) is 1. The van der Waals surface area contributed by atoms with E-state index in [2.05, 4.69) is 29.6 Å². The third kappa shape index (κ3) is 5.72. The van der Waals surface area contributed by atoms with E-state index in [9.17, 15) is 10.2 Å². The van der Waals surface area contributed by atoms with Crippen molar-refractivity contribution < 1.29 is 14.9 Å². The van der Waals surface area contributed by atoms with Gasteiger partial charge in [0.2, 0.25) is 0 Å². The number of aliphatic hydroxyl groups is 1. The molecule has 30 heavy (non-hydrogen) atoms. The molecule has 3 N–H and O–H groups in total. The van der Waals surface area contributed by atoms with Crippen molar-refractivity contribution in [3.63, 3.8) is 0 Å². The summed E-state index contributed by atoms with van der Waals surface area (Å²) in [6.07, 6.45) is 1.42. The minimum atomic E-state index is 0.136. The van der Waals surface area contributed by atoms with E-state index in [1.54, 1.807) is 12.1 Å². The van der Waals surface area contributed by atoms with E-state index in [-0.39, 0.29) is 12.4 Å². The zero-order valence-electron chi connectivity index (χ0n) is 17.3. The Balaban J connectivity index is 2.09. The van der Waals surface area contributed by atoms with E-state index in [0.717, 1.165) is 41.0 Å². The average Bonchev–Trinajstić information content (AvgIpc) is 2.79. The standard InChI is InChI=1S/C26H29NO3/c1-27-17-19-30-24-15-11-22(12-16-24)26(21-9-13-23(29)14-10-21)25(8-5-18-28)20-6-3-2-4-7-20/h2-4,6-7,9-16,27-29H,5,8,17-19H2,1H3. The lowest BCUT2D eigenvalue weighted by molar-refractivity contribution is 0.290. The number of hydrogen-bond acceptors (Lipinski definition) is 4. The van der Waals surface area contributed by atoms with Gasteiger partial charge in [-0.2, -0.15) is 0 Å². The Labute approximate surface area is 178 Å². The quantitative estimate of drug-likeness (QED) is 0.339. The average molecular weight is 404 g/mol. The molecule has 0 amide bonds. The van der Waals surface area contributed by atoms with Gasteiger partial charge in [-0.25, -0.2) is 0 Å². The third-order valence-corrected chi connectivity index (χ3v) is 4.93. The maximum atomic E-state index is 9.77. The number of allylic oxidation sites excluding steroid dienone is 1. The van der Waals surface area contributed by atoms with E-state index in [0.29, 0.717) is 13.0 Å². The van der Waals surface area contributed by atoms with Crippen LogP contribution < -0.4 is 10.1 Å². The van der Waals surface area contributed by atoms with Gasteiger partial charge in [0, 0.05) is 13.2 Å². The molecule has 3 rings (SSSR count). The SMILES string of the molecule is CNCCOc1ccc(C(=C(CCCO)c2ccccc2)c2ccc(O)cc2)cc1. The third-order valence-electron chi connectivity index (χ3n) is 4.93. The van der Waals surface area contributed by atoms with Crippen LogP contribution in [0.5, 0.6) is 11.5 Å². The molecule has 4 nitrogen and oxygen atoms in total. The Morgan fingerprint density at radius 3 is 2.07 bits per heavy atom. The first kappa shape index (κ1) is 21.6. The Hall–Kier alpha value is -3.08. The normalized spacial score (nSPS) is 11.8. The predicted octanol–water partition coefficient (Wildman–Crippen LogP) is 4.72. The van der Waals surface area contributed by atoms with Crippen molar-refractivity contribution in [2.24, 2.45) is 0 Å². The monoisotopic (exact) mass is 403 g/mol. The Morgan fingerprint density at radius 1 is 0.833 bits per heavy atom. The maximum Gasteiger partial charge on any atom is 0.119 e. The molecule has 3 aromatic carbocycles. The molecule has 0 atom stereocenters. The van der Waals surface area contributed by atoms with Crippen LogP contribution in [0.15, 0.2) is 78.9 Å². The van der Waals surface area contributed by atoms with Crippen LogP contribution in [0.1, 0.15) is 29.5 Å². The highest BCUT2D eigenvalue weighted by molar-refractivity contribution is 5.98. The highest BCUT2D eigenvalue weighted by Crippen LogP contribution is 2.36. The van der Waals surface area contributed by atoms with Crippen LogP contribution in [0.3, 0.4) is 0 Å². The van der Waals surface area contributed by atoms with Crippen LogP contribution >= 0.6 is 0 Å². The molecule has 0 heterocycles. The number of benzene rings is 3. The summed E-state index contributed by atoms with van der Waals surface area (Å²) in [4.78, 5) is 0. The topological polar surface area (TPSA) is 61.7 Å². The van der Waals surface area contributed by atoms with Crippen LogP contribution in [-0.4, -0.2) is 37.0 Å². The minimum Gasteiger partial charge on any atom is -0.508 e. The number of phenolic OH excluding ortho intramolecular Hbond substituents is 1. The molecule has 0 saturated carbocycles. The fourth-order valence-corrected chi connectivity index (χ4v) is 3.44. The molecule has 0 spiro atoms. The number of phenols is 1. The molecule has 0 aliphatic rings. The second kappa shape index (κ2) is 11.2. The van der Waals surface area contributed by atoms with Gasteiger partial charge in [-0.1, -0.05) is 54.6 Å². The summed E-state index contributed by atoms with van der Waals surface area (Å²) >= 11 is 0. The number of hydrogen-bond donors (Lipinski definition) is 3. The molecule has 0 fully saturated rings. The molecule has 0 bridgehead atoms. The highest BCUT2D eigenvalue weighted by Gasteiger charge is 2.14. The zero-order valence-corrected chi connectivity index (χ0v) is 17.3. The first-order valence-corrected chi connectivity index (χ1v) is 10.3. The molecular formula is C26H29NO3. The second-order valence-corrected chi connectivity index (χ2v) is 7.07. The van der Waals surface area contributed by atoms with E-state index in [1.807, 2.05) is 49.5 Å². The van der Waals surface area contributed by atoms with Gasteiger partial charge in [-0.3, -0.25) is 0 Å². The number of aromatic hydroxyl groups is 1. The fourth-order valence-electron chi connectivity index (χ4n) is 3.44. The van der Waals surface area contributed by atoms with Crippen molar-refractivity contribution in [3.05, 3.63) is 95.6 Å². The van der Waals surface area contributed by atoms with Gasteiger partial charge in [0.1, 0.15) is 18.1 Å². The molecule has 0 aliphatic carbocycles. The van der Waals surface area contributed by atoms with Crippen LogP contribution in [0.4, 0.5) is 0 Å². The predicted molar refractivity (Wildman–Crippen MR) is 123 cm³/mol. The molecule has 0 aliphatic heterocycles. The van der Waals surface area contributed by atoms with Crippen molar-refractivity contribution >= 4 is 11.1 Å². The number of ether oxygens (including phenoxy) is 1. The molecule has 156 valence electrons. The van der Waals surface area contributed by atoms with Gasteiger partial charge in [0.05, 0.1) is 0 Å². The van der Waals surface area contributed by atoms with Crippen molar-refractivity contribution in [3.8, 4) is 11.5 Å². The van der Waals surface area contributed by atoms with E-state index in [4.69, 9.17) is 4.74 Å². The lowest BCUT2D eigenvalue weighted by Gasteiger charge is -2.18. The first-order valence-electron chi connectivity index (χ1n) is 10.3. The van der Waals surface area contributed by atoms with Crippen LogP contribution in [0, 0.1) is 0 Å². The summed E-state index contributed by atoms with van der Waals surface area (Å²) in [5.41, 5.74) is 5.48. The molecule has 3 aromatic rings. The van der Waals surface area contributed by atoms with E-state index < -0.39 is 0 Å². The summed E-state index contributed by atoms with van der Waals surface area (Å²) < 4.78 is 5.77. The lowest BCUT2D eigenvalue weighted by Crippen LogP contribution is -2.15. The highest BCUT2D eigenvalue weighted by atomic mass is 16.5. The van der Waals surface area contributed by atoms with Crippen molar-refractivity contribution in [2.45, 2.75) is 12.8 Å². The number of rotatable bonds is 10. The van der Waals surface area contributed by atoms with E-state index in [1.165, 1.54) is 5.57 Å². The van der Waals surface area contributed by atoms with Gasteiger partial charge in [-0.15, -0.1) is 0 Å². The van der Waals surface area contributed by atoms with Crippen LogP contribution in [0.25, 0.3) is 11.1 Å². The molecule has 0 radical (unpaired) electrons. The van der Waals surface area contributed by atoms with Crippen molar-refractivity contribution in [1.29, 1.82) is 0 Å². The summed E-state index contributed by atoms with van der Waals surface area (Å²) in [5.74, 6) is 1.07. The summed E-state index contributed by atoms with van der Waals surface area (Å²) in [5, 5.41) is 22.3. The largest absolute Gasteiger partial charge is 0.508 e. The minimum absolute atomic E-state index is 0.136. The maximum absolute atomic E-state index is 9.77. The van der Waals surface area contributed by atoms with E-state index >= 15 is 0 Å². The van der Waals surface area contributed by atoms with Crippen LogP contribution in [0.2, 0.25) is 0 Å². The van der Waals surface area contributed by atoms with Crippen LogP contribution in [-0.2, 0) is 0 Å². The van der Waals surface area contributed by atoms with Gasteiger partial charge in [0.25, 0.3) is 0 Å². The Bertz CT molecular complexity index is 932. The fraction of sp³-hybridized carbons (Fsp3) is 0.231. The number of aliphatic hydroxyl groups excluding tert-OH is 1. The molecule has 0 unspecified atom stereocenters. The molecular weight excluding hydrogens is 374 g/mol. The second-order valence-electron chi connectivity index (χ2n) is 7.07. The Kier molecular flexibility index (Phi) is 8.07. The van der Waals surface area contributed by atoms with Gasteiger partial charge >= 0.3 is 0 Å². The van der Waals surface area contributed by atoms with Gasteiger partial charge in [-0.05, 0) is 72.0 Å². The number of nitrogens with one attached hydrogen (secondary N) is 1. The molecule has 4 heteroatoms. The van der Waals surface area contributed by atoms with Crippen molar-refractivity contribution in [2.75, 3.05) is 26.8 Å². The lowest BCUT2D eigenvalue weighted by atomic mass is 9.87. The summed E-state index contributed by atoms with van der Waals surface area (Å²) in [6, 6.07) is 25.7. The first-order chi connectivity index (χ1) is 14.7. The van der Waals surface area contributed by atoms with Gasteiger partial charge < -0.3 is 20.3 Å². The zero-order chi connectivity index (χ0) is 21.2. The molecule has 0 aromatic heterocycles. The smallest absolute Gasteiger partial charge is 0.119 e. The summed E-state index contributed by atoms with van der Waals surface area (Å²) in [6.45, 7) is 1.54. The van der Waals surface area contributed by atoms with Crippen molar-refractivity contribution in [1.82, 2.24) is 5.32 Å².